The fraction of sp³-hybridized carbons (Fsp3) is 1.00. The first-order valence-corrected chi connectivity index (χ1v) is 5.08. The topological polar surface area (TPSA) is 18.5 Å². The third kappa shape index (κ3) is 2.29. The van der Waals surface area contributed by atoms with E-state index in [4.69, 9.17) is 9.31 Å². The third-order valence-corrected chi connectivity index (χ3v) is 3.16. The fourth-order valence-corrected chi connectivity index (χ4v) is 1.57. The Morgan fingerprint density at radius 1 is 1.23 bits per heavy atom. The van der Waals surface area contributed by atoms with Gasteiger partial charge in [-0.25, -0.2) is 0 Å². The lowest BCUT2D eigenvalue weighted by Crippen LogP contribution is -2.31. The van der Waals surface area contributed by atoms with Crippen molar-refractivity contribution in [2.75, 3.05) is 0 Å². The van der Waals surface area contributed by atoms with Gasteiger partial charge in [0, 0.05) is 11.7 Å². The maximum Gasteiger partial charge on any atom is 0.403 e. The van der Waals surface area contributed by atoms with Crippen molar-refractivity contribution < 1.29 is 9.31 Å². The molecule has 0 aliphatic carbocycles. The minimum Gasteiger partial charge on any atom is -0.416 e. The van der Waals surface area contributed by atoms with Crippen molar-refractivity contribution in [2.24, 2.45) is 0 Å². The van der Waals surface area contributed by atoms with Crippen LogP contribution >= 0.6 is 0 Å². The summed E-state index contributed by atoms with van der Waals surface area (Å²) in [5.41, 5.74) is -0.0768. The van der Waals surface area contributed by atoms with Crippen molar-refractivity contribution in [1.82, 2.24) is 0 Å². The summed E-state index contributed by atoms with van der Waals surface area (Å²) in [7, 11) is 0.961. The summed E-state index contributed by atoms with van der Waals surface area (Å²) in [5.74, 6) is 0. The van der Waals surface area contributed by atoms with Crippen molar-refractivity contribution in [3.05, 3.63) is 0 Å². The molecule has 0 radical (unpaired) electrons. The number of hydrogen-bond acceptors (Lipinski definition) is 2. The zero-order valence-electron chi connectivity index (χ0n) is 9.68. The molecule has 1 aliphatic heterocycles. The molecule has 2 nitrogen and oxygen atoms in total. The Balaban J connectivity index is 2.60. The maximum absolute atomic E-state index is 5.85. The molecule has 0 aromatic rings. The molecular formula is C9H20B2O2. The van der Waals surface area contributed by atoms with Gasteiger partial charge < -0.3 is 9.31 Å². The molecule has 0 spiro atoms. The van der Waals surface area contributed by atoms with E-state index in [-0.39, 0.29) is 24.0 Å². The summed E-state index contributed by atoms with van der Waals surface area (Å²) < 4.78 is 11.5. The van der Waals surface area contributed by atoms with Gasteiger partial charge in [-0.2, -0.15) is 0 Å². The molecular weight excluding hydrogens is 162 g/mol. The second kappa shape index (κ2) is 3.32. The van der Waals surface area contributed by atoms with Gasteiger partial charge in [0.2, 0.25) is 0 Å². The van der Waals surface area contributed by atoms with E-state index in [9.17, 15) is 0 Å². The van der Waals surface area contributed by atoms with Gasteiger partial charge >= 0.3 is 7.01 Å². The quantitative estimate of drug-likeness (QED) is 0.606. The lowest BCUT2D eigenvalue weighted by molar-refractivity contribution is 0.0521. The molecule has 4 heteroatoms. The van der Waals surface area contributed by atoms with Crippen molar-refractivity contribution in [3.63, 3.8) is 0 Å². The van der Waals surface area contributed by atoms with Crippen LogP contribution < -0.4 is 0 Å². The standard InChI is InChI=1S/C9H20B2O2/c1-7(2)12-11-10-8(3,4)9(5,6)13-11/h7,10H,1-6H3. The van der Waals surface area contributed by atoms with Crippen LogP contribution in [0.2, 0.25) is 5.31 Å². The van der Waals surface area contributed by atoms with Crippen LogP contribution in [0.5, 0.6) is 0 Å². The molecule has 0 atom stereocenters. The van der Waals surface area contributed by atoms with Crippen LogP contribution in [0, 0.1) is 0 Å². The summed E-state index contributed by atoms with van der Waals surface area (Å²) in [6.07, 6.45) is 0.245. The highest BCUT2D eigenvalue weighted by atomic mass is 16.6. The van der Waals surface area contributed by atoms with Gasteiger partial charge in [-0.05, 0) is 33.0 Å². The number of rotatable bonds is 2. The van der Waals surface area contributed by atoms with E-state index in [1.165, 1.54) is 0 Å². The van der Waals surface area contributed by atoms with Crippen molar-refractivity contribution >= 4 is 14.2 Å². The smallest absolute Gasteiger partial charge is 0.403 e. The first kappa shape index (κ1) is 11.1. The lowest BCUT2D eigenvalue weighted by atomic mass is 9.33. The van der Waals surface area contributed by atoms with Crippen LogP contribution in [0.1, 0.15) is 41.5 Å². The summed E-state index contributed by atoms with van der Waals surface area (Å²) in [6.45, 7) is 12.8. The predicted octanol–water partition coefficient (Wildman–Crippen LogP) is 1.84. The average molecular weight is 182 g/mol. The van der Waals surface area contributed by atoms with Gasteiger partial charge in [-0.3, -0.25) is 0 Å². The maximum atomic E-state index is 5.85. The normalized spacial score (nSPS) is 25.0. The Morgan fingerprint density at radius 3 is 2.08 bits per heavy atom. The highest BCUT2D eigenvalue weighted by Gasteiger charge is 2.51. The molecule has 1 aliphatic rings. The second-order valence-corrected chi connectivity index (χ2v) is 5.33. The minimum absolute atomic E-state index is 0.0231. The molecule has 0 amide bonds. The fourth-order valence-electron chi connectivity index (χ4n) is 1.57. The minimum atomic E-state index is -0.0768. The molecule has 0 aromatic heterocycles. The molecule has 1 rings (SSSR count). The van der Waals surface area contributed by atoms with Gasteiger partial charge in [0.25, 0.3) is 0 Å². The Labute approximate surface area is 82.7 Å². The van der Waals surface area contributed by atoms with Gasteiger partial charge in [0.05, 0.1) is 0 Å². The van der Waals surface area contributed by atoms with Gasteiger partial charge in [0.15, 0.2) is 7.17 Å². The summed E-state index contributed by atoms with van der Waals surface area (Å²) >= 11 is 0. The van der Waals surface area contributed by atoms with Crippen LogP contribution in [-0.2, 0) is 9.31 Å². The Morgan fingerprint density at radius 2 is 1.77 bits per heavy atom. The molecule has 0 N–H and O–H groups in total. The molecule has 0 saturated carbocycles. The molecule has 0 bridgehead atoms. The van der Waals surface area contributed by atoms with E-state index >= 15 is 0 Å². The highest BCUT2D eigenvalue weighted by Crippen LogP contribution is 2.45. The molecule has 1 saturated heterocycles. The Bertz CT molecular complexity index is 174. The summed E-state index contributed by atoms with van der Waals surface area (Å²) in [4.78, 5) is 0. The zero-order chi connectivity index (χ0) is 10.3. The zero-order valence-corrected chi connectivity index (χ0v) is 9.68. The second-order valence-electron chi connectivity index (χ2n) is 5.33. The first-order valence-electron chi connectivity index (χ1n) is 5.08. The van der Waals surface area contributed by atoms with Crippen LogP contribution in [0.25, 0.3) is 0 Å². The monoisotopic (exact) mass is 182 g/mol. The van der Waals surface area contributed by atoms with Crippen LogP contribution in [0.4, 0.5) is 0 Å². The predicted molar refractivity (Wildman–Crippen MR) is 58.3 cm³/mol. The van der Waals surface area contributed by atoms with E-state index in [0.29, 0.717) is 0 Å². The number of hydrogen-bond donors (Lipinski definition) is 0. The highest BCUT2D eigenvalue weighted by molar-refractivity contribution is 7.08. The summed E-state index contributed by atoms with van der Waals surface area (Å²) in [5, 5.41) is 0.201. The molecule has 74 valence electrons. The van der Waals surface area contributed by atoms with Crippen LogP contribution in [0.3, 0.4) is 0 Å². The van der Waals surface area contributed by atoms with Crippen LogP contribution in [0.15, 0.2) is 0 Å². The molecule has 0 unspecified atom stereocenters. The van der Waals surface area contributed by atoms with E-state index < -0.39 is 0 Å². The van der Waals surface area contributed by atoms with E-state index in [0.717, 1.165) is 7.17 Å². The molecule has 1 heterocycles. The van der Waals surface area contributed by atoms with E-state index in [2.05, 4.69) is 27.7 Å². The Hall–Kier alpha value is 0.0499. The van der Waals surface area contributed by atoms with Crippen molar-refractivity contribution in [3.8, 4) is 0 Å². The third-order valence-electron chi connectivity index (χ3n) is 3.16. The van der Waals surface area contributed by atoms with E-state index in [1.807, 2.05) is 13.8 Å². The van der Waals surface area contributed by atoms with Crippen molar-refractivity contribution in [1.29, 1.82) is 0 Å². The molecule has 1 fully saturated rings. The SMILES string of the molecule is CC(C)OB1BC(C)(C)C(C)(C)O1. The van der Waals surface area contributed by atoms with E-state index in [1.54, 1.807) is 0 Å². The summed E-state index contributed by atoms with van der Waals surface area (Å²) in [6, 6.07) is 0. The van der Waals surface area contributed by atoms with Crippen LogP contribution in [-0.4, -0.2) is 25.9 Å². The van der Waals surface area contributed by atoms with Gasteiger partial charge in [-0.1, -0.05) is 13.8 Å². The van der Waals surface area contributed by atoms with Gasteiger partial charge in [-0.15, -0.1) is 0 Å². The average Bonchev–Trinajstić information content (AvgIpc) is 1.98. The largest absolute Gasteiger partial charge is 0.416 e. The van der Waals surface area contributed by atoms with Gasteiger partial charge in [0.1, 0.15) is 0 Å². The Kier molecular flexibility index (Phi) is 2.84. The molecule has 0 aromatic carbocycles. The first-order chi connectivity index (χ1) is 5.74. The van der Waals surface area contributed by atoms with Crippen molar-refractivity contribution in [2.45, 2.75) is 58.6 Å². The molecule has 13 heavy (non-hydrogen) atoms. The lowest BCUT2D eigenvalue weighted by Gasteiger charge is -2.34.